The second-order valence-electron chi connectivity index (χ2n) is 4.78. The standard InChI is InChI=1S/C15H13BrClNOS/c16-13-11-5-2-6-12(11)15(18-14(13)19)20-8-9-3-1-4-10(17)7-9/h1,3-4,7H,2,5-6,8H2,(H,18,19). The van der Waals surface area contributed by atoms with Crippen molar-refractivity contribution in [1.29, 1.82) is 0 Å². The number of hydrogen-bond donors (Lipinski definition) is 1. The summed E-state index contributed by atoms with van der Waals surface area (Å²) in [6.45, 7) is 0. The smallest absolute Gasteiger partial charge is 0.226 e. The number of benzene rings is 1. The third-order valence-electron chi connectivity index (χ3n) is 3.41. The lowest BCUT2D eigenvalue weighted by molar-refractivity contribution is 0.443. The highest BCUT2D eigenvalue weighted by Crippen LogP contribution is 2.40. The first kappa shape index (κ1) is 14.2. The molecule has 0 aliphatic heterocycles. The summed E-state index contributed by atoms with van der Waals surface area (Å²) in [6.07, 6.45) is 3.18. The number of aromatic hydroxyl groups is 1. The molecule has 0 spiro atoms. The lowest BCUT2D eigenvalue weighted by atomic mass is 10.2. The van der Waals surface area contributed by atoms with Crippen molar-refractivity contribution < 1.29 is 5.11 Å². The number of pyridine rings is 1. The van der Waals surface area contributed by atoms with E-state index in [4.69, 9.17) is 11.6 Å². The Morgan fingerprint density at radius 3 is 2.90 bits per heavy atom. The van der Waals surface area contributed by atoms with Crippen molar-refractivity contribution in [1.82, 2.24) is 4.98 Å². The molecule has 2 aromatic rings. The summed E-state index contributed by atoms with van der Waals surface area (Å²) >= 11 is 11.1. The SMILES string of the molecule is Oc1nc(SCc2cccc(Cl)c2)c2c(c1Br)CCC2. The van der Waals surface area contributed by atoms with Gasteiger partial charge in [-0.2, -0.15) is 0 Å². The van der Waals surface area contributed by atoms with Gasteiger partial charge in [-0.05, 0) is 64.0 Å². The van der Waals surface area contributed by atoms with Gasteiger partial charge >= 0.3 is 0 Å². The summed E-state index contributed by atoms with van der Waals surface area (Å²) in [7, 11) is 0. The maximum Gasteiger partial charge on any atom is 0.226 e. The zero-order valence-electron chi connectivity index (χ0n) is 10.7. The third kappa shape index (κ3) is 2.83. The van der Waals surface area contributed by atoms with Crippen molar-refractivity contribution in [2.75, 3.05) is 0 Å². The maximum atomic E-state index is 9.91. The highest BCUT2D eigenvalue weighted by atomic mass is 79.9. The predicted octanol–water partition coefficient (Wildman–Crippen LogP) is 4.98. The average Bonchev–Trinajstić information content (AvgIpc) is 2.91. The first-order valence-electron chi connectivity index (χ1n) is 6.42. The Morgan fingerprint density at radius 2 is 2.10 bits per heavy atom. The van der Waals surface area contributed by atoms with Gasteiger partial charge in [0.1, 0.15) is 5.03 Å². The first-order valence-corrected chi connectivity index (χ1v) is 8.58. The summed E-state index contributed by atoms with van der Waals surface area (Å²) in [6, 6.07) is 7.84. The van der Waals surface area contributed by atoms with Crippen LogP contribution in [-0.2, 0) is 18.6 Å². The van der Waals surface area contributed by atoms with E-state index in [2.05, 4.69) is 27.0 Å². The lowest BCUT2D eigenvalue weighted by Gasteiger charge is -2.10. The van der Waals surface area contributed by atoms with E-state index in [0.29, 0.717) is 0 Å². The molecule has 3 rings (SSSR count). The van der Waals surface area contributed by atoms with Crippen LogP contribution in [0.2, 0.25) is 5.02 Å². The lowest BCUT2D eigenvalue weighted by Crippen LogP contribution is -1.94. The molecule has 0 fully saturated rings. The molecule has 1 aromatic carbocycles. The third-order valence-corrected chi connectivity index (χ3v) is 5.57. The molecule has 104 valence electrons. The Labute approximate surface area is 135 Å². The van der Waals surface area contributed by atoms with Crippen molar-refractivity contribution >= 4 is 39.3 Å². The van der Waals surface area contributed by atoms with Crippen LogP contribution in [0.25, 0.3) is 0 Å². The number of thioether (sulfide) groups is 1. The molecule has 1 N–H and O–H groups in total. The molecule has 0 bridgehead atoms. The van der Waals surface area contributed by atoms with E-state index in [1.165, 1.54) is 16.7 Å². The summed E-state index contributed by atoms with van der Waals surface area (Å²) in [4.78, 5) is 4.32. The van der Waals surface area contributed by atoms with Gasteiger partial charge in [-0.1, -0.05) is 23.7 Å². The maximum absolute atomic E-state index is 9.91. The van der Waals surface area contributed by atoms with E-state index < -0.39 is 0 Å². The summed E-state index contributed by atoms with van der Waals surface area (Å²) in [5.74, 6) is 0.903. The Kier molecular flexibility index (Phi) is 4.24. The Bertz CT molecular complexity index is 663. The largest absolute Gasteiger partial charge is 0.492 e. The molecule has 0 amide bonds. The van der Waals surface area contributed by atoms with Gasteiger partial charge in [-0.3, -0.25) is 0 Å². The van der Waals surface area contributed by atoms with Gasteiger partial charge in [-0.25, -0.2) is 4.98 Å². The molecule has 0 atom stereocenters. The highest BCUT2D eigenvalue weighted by Gasteiger charge is 2.22. The van der Waals surface area contributed by atoms with E-state index in [9.17, 15) is 5.11 Å². The van der Waals surface area contributed by atoms with E-state index in [0.717, 1.165) is 39.5 Å². The van der Waals surface area contributed by atoms with Gasteiger partial charge in [0.25, 0.3) is 0 Å². The molecule has 0 unspecified atom stereocenters. The second-order valence-corrected chi connectivity index (χ2v) is 6.98. The Hall–Kier alpha value is -0.710. The van der Waals surface area contributed by atoms with Crippen LogP contribution in [0.3, 0.4) is 0 Å². The first-order chi connectivity index (χ1) is 9.65. The van der Waals surface area contributed by atoms with Crippen LogP contribution in [0.15, 0.2) is 33.8 Å². The van der Waals surface area contributed by atoms with Gasteiger partial charge in [0.15, 0.2) is 0 Å². The fourth-order valence-electron chi connectivity index (χ4n) is 2.47. The molecule has 20 heavy (non-hydrogen) atoms. The van der Waals surface area contributed by atoms with Crippen molar-refractivity contribution in [3.05, 3.63) is 50.5 Å². The zero-order chi connectivity index (χ0) is 14.1. The van der Waals surface area contributed by atoms with Crippen LogP contribution in [0.4, 0.5) is 0 Å². The van der Waals surface area contributed by atoms with Gasteiger partial charge in [0, 0.05) is 10.8 Å². The molecule has 0 saturated heterocycles. The van der Waals surface area contributed by atoms with E-state index >= 15 is 0 Å². The number of halogens is 2. The van der Waals surface area contributed by atoms with Crippen LogP contribution < -0.4 is 0 Å². The minimum Gasteiger partial charge on any atom is -0.492 e. The van der Waals surface area contributed by atoms with Crippen LogP contribution in [0.1, 0.15) is 23.1 Å². The minimum atomic E-state index is 0.0965. The fourth-order valence-corrected chi connectivity index (χ4v) is 4.24. The molecule has 0 saturated carbocycles. The predicted molar refractivity (Wildman–Crippen MR) is 86.6 cm³/mol. The van der Waals surface area contributed by atoms with Crippen molar-refractivity contribution in [3.63, 3.8) is 0 Å². The molecule has 1 aromatic heterocycles. The number of hydrogen-bond acceptors (Lipinski definition) is 3. The number of rotatable bonds is 3. The summed E-state index contributed by atoms with van der Waals surface area (Å²) in [5, 5.41) is 11.6. The van der Waals surface area contributed by atoms with Gasteiger partial charge in [0.05, 0.1) is 4.47 Å². The van der Waals surface area contributed by atoms with Crippen molar-refractivity contribution in [2.24, 2.45) is 0 Å². The van der Waals surface area contributed by atoms with Crippen LogP contribution in [0.5, 0.6) is 5.88 Å². The molecule has 0 radical (unpaired) electrons. The number of fused-ring (bicyclic) bond motifs is 1. The van der Waals surface area contributed by atoms with Crippen molar-refractivity contribution in [2.45, 2.75) is 30.0 Å². The molecular weight excluding hydrogens is 358 g/mol. The summed E-state index contributed by atoms with van der Waals surface area (Å²) < 4.78 is 0.761. The van der Waals surface area contributed by atoms with Crippen LogP contribution in [0, 0.1) is 0 Å². The topological polar surface area (TPSA) is 33.1 Å². The molecule has 2 nitrogen and oxygen atoms in total. The normalized spacial score (nSPS) is 13.5. The van der Waals surface area contributed by atoms with Crippen LogP contribution in [-0.4, -0.2) is 10.1 Å². The molecule has 1 aliphatic carbocycles. The second kappa shape index (κ2) is 5.96. The molecule has 5 heteroatoms. The Morgan fingerprint density at radius 1 is 1.30 bits per heavy atom. The van der Waals surface area contributed by atoms with Crippen molar-refractivity contribution in [3.8, 4) is 5.88 Å². The monoisotopic (exact) mass is 369 g/mol. The van der Waals surface area contributed by atoms with Gasteiger partial charge in [-0.15, -0.1) is 11.8 Å². The highest BCUT2D eigenvalue weighted by molar-refractivity contribution is 9.10. The number of nitrogens with zero attached hydrogens (tertiary/aromatic N) is 1. The summed E-state index contributed by atoms with van der Waals surface area (Å²) in [5.41, 5.74) is 3.66. The molecule has 1 heterocycles. The molecular formula is C15H13BrClNOS. The van der Waals surface area contributed by atoms with E-state index in [1.54, 1.807) is 11.8 Å². The van der Waals surface area contributed by atoms with E-state index in [1.807, 2.05) is 18.2 Å². The minimum absolute atomic E-state index is 0.0965. The van der Waals surface area contributed by atoms with Gasteiger partial charge in [0.2, 0.25) is 5.88 Å². The quantitative estimate of drug-likeness (QED) is 0.773. The van der Waals surface area contributed by atoms with Crippen LogP contribution >= 0.6 is 39.3 Å². The molecule has 1 aliphatic rings. The van der Waals surface area contributed by atoms with E-state index in [-0.39, 0.29) is 5.88 Å². The fraction of sp³-hybridized carbons (Fsp3) is 0.267. The zero-order valence-corrected chi connectivity index (χ0v) is 13.9. The average molecular weight is 371 g/mol. The van der Waals surface area contributed by atoms with Gasteiger partial charge < -0.3 is 5.11 Å². The Balaban J connectivity index is 1.85. The number of aromatic nitrogens is 1.